The van der Waals surface area contributed by atoms with E-state index in [0.717, 1.165) is 6.07 Å². The zero-order chi connectivity index (χ0) is 10.0. The fraction of sp³-hybridized carbons (Fsp3) is 0.125. The van der Waals surface area contributed by atoms with Gasteiger partial charge in [-0.2, -0.15) is 0 Å². The van der Waals surface area contributed by atoms with E-state index in [-0.39, 0.29) is 3.57 Å². The van der Waals surface area contributed by atoms with Crippen LogP contribution in [0.4, 0.5) is 8.78 Å². The van der Waals surface area contributed by atoms with Gasteiger partial charge in [0.15, 0.2) is 5.82 Å². The van der Waals surface area contributed by atoms with Gasteiger partial charge in [-0.3, -0.25) is 4.79 Å². The number of benzene rings is 1. The highest BCUT2D eigenvalue weighted by Crippen LogP contribution is 2.18. The lowest BCUT2D eigenvalue weighted by Gasteiger charge is -2.04. The molecule has 0 aromatic heterocycles. The average Bonchev–Trinajstić information content (AvgIpc) is 2.12. The highest BCUT2D eigenvalue weighted by molar-refractivity contribution is 14.1. The van der Waals surface area contributed by atoms with E-state index in [9.17, 15) is 13.6 Å². The third-order valence-corrected chi connectivity index (χ3v) is 2.33. The number of hydrogen-bond donors (Lipinski definition) is 1. The van der Waals surface area contributed by atoms with Crippen molar-refractivity contribution in [2.45, 2.75) is 0 Å². The summed E-state index contributed by atoms with van der Waals surface area (Å²) in [5, 5.41) is 2.17. The van der Waals surface area contributed by atoms with Gasteiger partial charge in [-0.15, -0.1) is 0 Å². The van der Waals surface area contributed by atoms with Crippen molar-refractivity contribution in [3.63, 3.8) is 0 Å². The van der Waals surface area contributed by atoms with Gasteiger partial charge in [0, 0.05) is 10.6 Å². The van der Waals surface area contributed by atoms with Crippen LogP contribution in [0.3, 0.4) is 0 Å². The van der Waals surface area contributed by atoms with Crippen LogP contribution in [0.2, 0.25) is 0 Å². The molecule has 70 valence electrons. The van der Waals surface area contributed by atoms with E-state index in [0.29, 0.717) is 0 Å². The molecule has 0 aliphatic heterocycles. The van der Waals surface area contributed by atoms with Gasteiger partial charge >= 0.3 is 0 Å². The number of halogens is 3. The summed E-state index contributed by atoms with van der Waals surface area (Å²) >= 11 is 1.69. The minimum atomic E-state index is -0.850. The smallest absolute Gasteiger partial charge is 0.257 e. The molecule has 13 heavy (non-hydrogen) atoms. The van der Waals surface area contributed by atoms with Crippen molar-refractivity contribution in [3.8, 4) is 0 Å². The number of carbonyl (C=O) groups excluding carboxylic acids is 1. The van der Waals surface area contributed by atoms with E-state index >= 15 is 0 Å². The molecule has 0 fully saturated rings. The van der Waals surface area contributed by atoms with Gasteiger partial charge < -0.3 is 5.32 Å². The van der Waals surface area contributed by atoms with Crippen LogP contribution in [0.25, 0.3) is 0 Å². The Kier molecular flexibility index (Phi) is 3.18. The SMILES string of the molecule is CNC(=O)c1c(F)ccc(I)c1F. The molecule has 0 atom stereocenters. The molecule has 0 radical (unpaired) electrons. The zero-order valence-electron chi connectivity index (χ0n) is 6.70. The lowest BCUT2D eigenvalue weighted by atomic mass is 10.2. The van der Waals surface area contributed by atoms with E-state index in [1.807, 2.05) is 0 Å². The number of rotatable bonds is 1. The molecule has 1 N–H and O–H groups in total. The van der Waals surface area contributed by atoms with E-state index in [1.54, 1.807) is 22.6 Å². The van der Waals surface area contributed by atoms with Crippen molar-refractivity contribution in [3.05, 3.63) is 32.9 Å². The Morgan fingerprint density at radius 1 is 1.46 bits per heavy atom. The summed E-state index contributed by atoms with van der Waals surface area (Å²) in [5.41, 5.74) is -0.533. The fourth-order valence-electron chi connectivity index (χ4n) is 0.860. The van der Waals surface area contributed by atoms with Gasteiger partial charge in [-0.1, -0.05) is 0 Å². The van der Waals surface area contributed by atoms with Crippen LogP contribution in [0, 0.1) is 15.2 Å². The van der Waals surface area contributed by atoms with Crippen LogP contribution in [-0.4, -0.2) is 13.0 Å². The number of nitrogens with one attached hydrogen (secondary N) is 1. The van der Waals surface area contributed by atoms with E-state index in [1.165, 1.54) is 13.1 Å². The van der Waals surface area contributed by atoms with Gasteiger partial charge in [0.2, 0.25) is 0 Å². The minimum absolute atomic E-state index is 0.220. The van der Waals surface area contributed by atoms with Gasteiger partial charge in [-0.25, -0.2) is 8.78 Å². The van der Waals surface area contributed by atoms with Gasteiger partial charge in [0.25, 0.3) is 5.91 Å². The number of hydrogen-bond acceptors (Lipinski definition) is 1. The van der Waals surface area contributed by atoms with Crippen LogP contribution < -0.4 is 5.32 Å². The first-order valence-corrected chi connectivity index (χ1v) is 4.51. The Hall–Kier alpha value is -0.720. The van der Waals surface area contributed by atoms with Crippen molar-refractivity contribution in [1.29, 1.82) is 0 Å². The summed E-state index contributed by atoms with van der Waals surface area (Å²) in [4.78, 5) is 11.0. The first-order valence-electron chi connectivity index (χ1n) is 3.43. The molecule has 0 aliphatic rings. The summed E-state index contributed by atoms with van der Waals surface area (Å²) in [5.74, 6) is -2.43. The summed E-state index contributed by atoms with van der Waals surface area (Å²) in [6.45, 7) is 0. The van der Waals surface area contributed by atoms with Crippen LogP contribution in [0.15, 0.2) is 12.1 Å². The highest BCUT2D eigenvalue weighted by atomic mass is 127. The molecule has 1 rings (SSSR count). The average molecular weight is 297 g/mol. The molecular formula is C8H6F2INO. The molecule has 1 aromatic rings. The molecule has 1 amide bonds. The summed E-state index contributed by atoms with van der Waals surface area (Å²) in [6.07, 6.45) is 0. The maximum atomic E-state index is 13.2. The molecule has 0 saturated heterocycles. The Balaban J connectivity index is 3.33. The molecule has 0 saturated carbocycles. The molecule has 2 nitrogen and oxygen atoms in total. The second-order valence-electron chi connectivity index (χ2n) is 2.30. The van der Waals surface area contributed by atoms with Crippen LogP contribution >= 0.6 is 22.6 Å². The van der Waals surface area contributed by atoms with Crippen LogP contribution in [0.5, 0.6) is 0 Å². The molecular weight excluding hydrogens is 291 g/mol. The van der Waals surface area contributed by atoms with Gasteiger partial charge in [0.05, 0.1) is 0 Å². The van der Waals surface area contributed by atoms with Crippen molar-refractivity contribution in [2.24, 2.45) is 0 Å². The monoisotopic (exact) mass is 297 g/mol. The molecule has 1 aromatic carbocycles. The normalized spacial score (nSPS) is 9.85. The predicted octanol–water partition coefficient (Wildman–Crippen LogP) is 1.93. The highest BCUT2D eigenvalue weighted by Gasteiger charge is 2.17. The number of carbonyl (C=O) groups is 1. The topological polar surface area (TPSA) is 29.1 Å². The zero-order valence-corrected chi connectivity index (χ0v) is 8.85. The first-order chi connectivity index (χ1) is 6.07. The Bertz CT molecular complexity index is 354. The van der Waals surface area contributed by atoms with Crippen LogP contribution in [0.1, 0.15) is 10.4 Å². The van der Waals surface area contributed by atoms with Gasteiger partial charge in [0.1, 0.15) is 11.4 Å². The van der Waals surface area contributed by atoms with Crippen molar-refractivity contribution >= 4 is 28.5 Å². The van der Waals surface area contributed by atoms with E-state index in [2.05, 4.69) is 5.32 Å². The lowest BCUT2D eigenvalue weighted by Crippen LogP contribution is -2.21. The quantitative estimate of drug-likeness (QED) is 0.623. The minimum Gasteiger partial charge on any atom is -0.355 e. The molecule has 0 unspecified atom stereocenters. The third-order valence-electron chi connectivity index (χ3n) is 1.50. The maximum Gasteiger partial charge on any atom is 0.257 e. The van der Waals surface area contributed by atoms with Crippen molar-refractivity contribution < 1.29 is 13.6 Å². The Morgan fingerprint density at radius 3 is 2.62 bits per heavy atom. The van der Waals surface area contributed by atoms with E-state index < -0.39 is 23.1 Å². The summed E-state index contributed by atoms with van der Waals surface area (Å²) in [6, 6.07) is 2.34. The Labute approximate surface area is 87.5 Å². The van der Waals surface area contributed by atoms with Crippen LogP contribution in [-0.2, 0) is 0 Å². The predicted molar refractivity (Wildman–Crippen MR) is 52.5 cm³/mol. The molecule has 0 spiro atoms. The lowest BCUT2D eigenvalue weighted by molar-refractivity contribution is 0.0954. The summed E-state index contributed by atoms with van der Waals surface area (Å²) in [7, 11) is 1.32. The first kappa shape index (κ1) is 10.4. The fourth-order valence-corrected chi connectivity index (χ4v) is 1.31. The molecule has 0 aliphatic carbocycles. The van der Waals surface area contributed by atoms with Crippen molar-refractivity contribution in [2.75, 3.05) is 7.05 Å². The van der Waals surface area contributed by atoms with Gasteiger partial charge in [-0.05, 0) is 34.7 Å². The standard InChI is InChI=1S/C8H6F2INO/c1-12-8(13)6-4(9)2-3-5(11)7(6)10/h2-3H,1H3,(H,12,13). The summed E-state index contributed by atoms with van der Waals surface area (Å²) < 4.78 is 26.4. The largest absolute Gasteiger partial charge is 0.355 e. The molecule has 5 heteroatoms. The van der Waals surface area contributed by atoms with E-state index in [4.69, 9.17) is 0 Å². The molecule has 0 heterocycles. The number of amides is 1. The maximum absolute atomic E-state index is 13.2. The third kappa shape index (κ3) is 1.96. The second kappa shape index (κ2) is 3.99. The molecule has 0 bridgehead atoms. The Morgan fingerprint density at radius 2 is 2.08 bits per heavy atom. The second-order valence-corrected chi connectivity index (χ2v) is 3.46. The van der Waals surface area contributed by atoms with Crippen molar-refractivity contribution in [1.82, 2.24) is 5.32 Å².